The molecule has 0 N–H and O–H groups in total. The fourth-order valence-corrected chi connectivity index (χ4v) is 1.43. The highest BCUT2D eigenvalue weighted by Gasteiger charge is 2.33. The van der Waals surface area contributed by atoms with Gasteiger partial charge in [-0.15, -0.1) is 0 Å². The van der Waals surface area contributed by atoms with Crippen molar-refractivity contribution in [2.45, 2.75) is 18.5 Å². The van der Waals surface area contributed by atoms with E-state index >= 15 is 0 Å². The van der Waals surface area contributed by atoms with Gasteiger partial charge in [0.1, 0.15) is 6.07 Å². The number of rotatable bonds is 0. The third-order valence-corrected chi connectivity index (χ3v) is 2.67. The van der Waals surface area contributed by atoms with Crippen LogP contribution < -0.4 is 0 Å². The van der Waals surface area contributed by atoms with E-state index in [4.69, 9.17) is 5.26 Å². The SMILES string of the molecule is N#CC1(F)CCN(I)CC1. The van der Waals surface area contributed by atoms with Crippen molar-refractivity contribution >= 4 is 22.9 Å². The summed E-state index contributed by atoms with van der Waals surface area (Å²) in [6.07, 6.45) is 0.707. The van der Waals surface area contributed by atoms with Crippen molar-refractivity contribution < 1.29 is 4.39 Å². The molecule has 0 bridgehead atoms. The molecule has 0 aliphatic carbocycles. The number of hydrogen-bond donors (Lipinski definition) is 0. The molecule has 10 heavy (non-hydrogen) atoms. The topological polar surface area (TPSA) is 27.0 Å². The second-order valence-electron chi connectivity index (χ2n) is 2.49. The van der Waals surface area contributed by atoms with Crippen molar-refractivity contribution in [1.82, 2.24) is 3.11 Å². The van der Waals surface area contributed by atoms with Crippen LogP contribution in [0.15, 0.2) is 0 Å². The van der Waals surface area contributed by atoms with Crippen LogP contribution in [0, 0.1) is 11.3 Å². The summed E-state index contributed by atoms with van der Waals surface area (Å²) < 4.78 is 15.1. The van der Waals surface area contributed by atoms with Crippen LogP contribution in [0.5, 0.6) is 0 Å². The van der Waals surface area contributed by atoms with Crippen LogP contribution in [0.25, 0.3) is 0 Å². The van der Waals surface area contributed by atoms with Gasteiger partial charge in [-0.05, 0) is 0 Å². The number of hydrogen-bond acceptors (Lipinski definition) is 2. The van der Waals surface area contributed by atoms with Crippen molar-refractivity contribution in [3.8, 4) is 6.07 Å². The Balaban J connectivity index is 2.48. The molecule has 0 saturated carbocycles. The van der Waals surface area contributed by atoms with Crippen molar-refractivity contribution in [2.24, 2.45) is 0 Å². The first kappa shape index (κ1) is 8.21. The van der Waals surface area contributed by atoms with E-state index in [1.54, 1.807) is 6.07 Å². The Labute approximate surface area is 73.5 Å². The molecule has 0 aromatic rings. The molecule has 0 spiro atoms. The molecule has 0 atom stereocenters. The minimum absolute atomic E-state index is 0.354. The zero-order valence-electron chi connectivity index (χ0n) is 5.48. The van der Waals surface area contributed by atoms with E-state index < -0.39 is 5.67 Å². The Kier molecular flexibility index (Phi) is 2.47. The van der Waals surface area contributed by atoms with Crippen LogP contribution in [0.2, 0.25) is 0 Å². The fraction of sp³-hybridized carbons (Fsp3) is 0.833. The van der Waals surface area contributed by atoms with Crippen molar-refractivity contribution in [1.29, 1.82) is 5.26 Å². The standard InChI is InChI=1S/C6H8FIN2/c7-6(5-9)1-3-10(8)4-2-6/h1-4H2. The van der Waals surface area contributed by atoms with Crippen LogP contribution in [0.1, 0.15) is 12.8 Å². The Morgan fingerprint density at radius 2 is 2.00 bits per heavy atom. The molecule has 4 heteroatoms. The van der Waals surface area contributed by atoms with E-state index in [0.717, 1.165) is 0 Å². The highest BCUT2D eigenvalue weighted by atomic mass is 127. The van der Waals surface area contributed by atoms with Gasteiger partial charge in [0.15, 0.2) is 5.67 Å². The lowest BCUT2D eigenvalue weighted by atomic mass is 9.97. The van der Waals surface area contributed by atoms with E-state index in [-0.39, 0.29) is 0 Å². The van der Waals surface area contributed by atoms with Gasteiger partial charge in [0.2, 0.25) is 0 Å². The third kappa shape index (κ3) is 1.80. The average molecular weight is 254 g/mol. The monoisotopic (exact) mass is 254 g/mol. The number of halogens is 2. The lowest BCUT2D eigenvalue weighted by Crippen LogP contribution is -2.35. The average Bonchev–Trinajstić information content (AvgIpc) is 1.96. The summed E-state index contributed by atoms with van der Waals surface area (Å²) in [7, 11) is 0. The predicted molar refractivity (Wildman–Crippen MR) is 44.3 cm³/mol. The summed E-state index contributed by atoms with van der Waals surface area (Å²) in [6.45, 7) is 1.37. The first-order chi connectivity index (χ1) is 4.66. The molecule has 0 unspecified atom stereocenters. The molecule has 0 aromatic carbocycles. The van der Waals surface area contributed by atoms with Crippen LogP contribution in [0.4, 0.5) is 4.39 Å². The second kappa shape index (κ2) is 3.01. The number of nitrogens with zero attached hydrogens (tertiary/aromatic N) is 2. The molecule has 1 fully saturated rings. The Bertz CT molecular complexity index is 158. The molecule has 1 rings (SSSR count). The van der Waals surface area contributed by atoms with Crippen molar-refractivity contribution in [2.75, 3.05) is 13.1 Å². The zero-order valence-corrected chi connectivity index (χ0v) is 7.64. The minimum atomic E-state index is -1.54. The van der Waals surface area contributed by atoms with E-state index in [1.807, 2.05) is 3.11 Å². The molecule has 1 heterocycles. The smallest absolute Gasteiger partial charge is 0.198 e. The maximum atomic E-state index is 13.1. The van der Waals surface area contributed by atoms with E-state index in [9.17, 15) is 4.39 Å². The molecule has 2 nitrogen and oxygen atoms in total. The highest BCUT2D eigenvalue weighted by molar-refractivity contribution is 14.1. The van der Waals surface area contributed by atoms with E-state index in [1.165, 1.54) is 0 Å². The van der Waals surface area contributed by atoms with Crippen LogP contribution >= 0.6 is 22.9 Å². The Hall–Kier alpha value is 0.110. The first-order valence-corrected chi connectivity index (χ1v) is 4.14. The van der Waals surface area contributed by atoms with Crippen LogP contribution in [-0.4, -0.2) is 21.9 Å². The maximum Gasteiger partial charge on any atom is 0.198 e. The van der Waals surface area contributed by atoms with Gasteiger partial charge in [0, 0.05) is 48.8 Å². The molecular formula is C6H8FIN2. The van der Waals surface area contributed by atoms with Gasteiger partial charge in [-0.3, -0.25) is 0 Å². The molecule has 0 aromatic heterocycles. The van der Waals surface area contributed by atoms with Gasteiger partial charge in [-0.2, -0.15) is 5.26 Å². The van der Waals surface area contributed by atoms with E-state index in [2.05, 4.69) is 22.9 Å². The summed E-state index contributed by atoms with van der Waals surface area (Å²) >= 11 is 2.15. The predicted octanol–water partition coefficient (Wildman–Crippen LogP) is 1.66. The molecular weight excluding hydrogens is 246 g/mol. The largest absolute Gasteiger partial charge is 0.247 e. The maximum absolute atomic E-state index is 13.1. The summed E-state index contributed by atoms with van der Waals surface area (Å²) in [5.74, 6) is 0. The fourth-order valence-electron chi connectivity index (χ4n) is 0.946. The van der Waals surface area contributed by atoms with Gasteiger partial charge < -0.3 is 0 Å². The van der Waals surface area contributed by atoms with Crippen molar-refractivity contribution in [3.63, 3.8) is 0 Å². The number of alkyl halides is 1. The molecule has 0 radical (unpaired) electrons. The van der Waals surface area contributed by atoms with Crippen LogP contribution in [0.3, 0.4) is 0 Å². The van der Waals surface area contributed by atoms with Gasteiger partial charge in [-0.25, -0.2) is 7.50 Å². The summed E-state index contributed by atoms with van der Waals surface area (Å²) in [5.41, 5.74) is -1.54. The molecule has 56 valence electrons. The molecule has 0 amide bonds. The van der Waals surface area contributed by atoms with Gasteiger partial charge in [0.25, 0.3) is 0 Å². The van der Waals surface area contributed by atoms with Crippen LogP contribution in [-0.2, 0) is 0 Å². The Morgan fingerprint density at radius 1 is 1.50 bits per heavy atom. The van der Waals surface area contributed by atoms with Crippen molar-refractivity contribution in [3.05, 3.63) is 0 Å². The lowest BCUT2D eigenvalue weighted by molar-refractivity contribution is 0.157. The molecule has 1 aliphatic heterocycles. The van der Waals surface area contributed by atoms with Gasteiger partial charge >= 0.3 is 0 Å². The highest BCUT2D eigenvalue weighted by Crippen LogP contribution is 2.26. The van der Waals surface area contributed by atoms with Gasteiger partial charge in [-0.1, -0.05) is 0 Å². The molecule has 1 saturated heterocycles. The molecule has 1 aliphatic rings. The number of piperidine rings is 1. The quantitative estimate of drug-likeness (QED) is 0.485. The summed E-state index contributed by atoms with van der Waals surface area (Å²) in [4.78, 5) is 0. The third-order valence-electron chi connectivity index (χ3n) is 1.70. The second-order valence-corrected chi connectivity index (χ2v) is 3.85. The normalized spacial score (nSPS) is 25.7. The first-order valence-electron chi connectivity index (χ1n) is 3.17. The summed E-state index contributed by atoms with van der Waals surface area (Å²) in [6, 6.07) is 1.70. The minimum Gasteiger partial charge on any atom is -0.247 e. The Morgan fingerprint density at radius 3 is 2.40 bits per heavy atom. The lowest BCUT2D eigenvalue weighted by Gasteiger charge is -2.27. The van der Waals surface area contributed by atoms with Gasteiger partial charge in [0.05, 0.1) is 0 Å². The zero-order chi connectivity index (χ0) is 7.61. The van der Waals surface area contributed by atoms with E-state index in [0.29, 0.717) is 25.9 Å². The number of nitriles is 1. The summed E-state index contributed by atoms with van der Waals surface area (Å²) in [5, 5.41) is 8.39.